The Labute approximate surface area is 117 Å². The molecule has 0 bridgehead atoms. The summed E-state index contributed by atoms with van der Waals surface area (Å²) in [4.78, 5) is 11.7. The third kappa shape index (κ3) is 4.56. The average Bonchev–Trinajstić information content (AvgIpc) is 3.18. The van der Waals surface area contributed by atoms with Crippen LogP contribution in [-0.4, -0.2) is 24.5 Å². The fourth-order valence-electron chi connectivity index (χ4n) is 2.11. The van der Waals surface area contributed by atoms with Crippen LogP contribution in [-0.2, 0) is 11.2 Å². The Morgan fingerprint density at radius 3 is 2.60 bits per heavy atom. The van der Waals surface area contributed by atoms with Gasteiger partial charge in [-0.1, -0.05) is 6.07 Å². The Morgan fingerprint density at radius 2 is 2.00 bits per heavy atom. The second kappa shape index (κ2) is 6.79. The monoisotopic (exact) mass is 282 g/mol. The second-order valence-electron chi connectivity index (χ2n) is 5.35. The van der Waals surface area contributed by atoms with Crippen molar-refractivity contribution in [1.29, 1.82) is 0 Å². The van der Waals surface area contributed by atoms with Gasteiger partial charge in [-0.25, -0.2) is 8.78 Å². The van der Waals surface area contributed by atoms with Crippen molar-refractivity contribution in [3.63, 3.8) is 0 Å². The normalized spacial score (nSPS) is 15.9. The van der Waals surface area contributed by atoms with Crippen LogP contribution in [0.3, 0.4) is 0 Å². The van der Waals surface area contributed by atoms with Crippen molar-refractivity contribution in [3.05, 3.63) is 35.4 Å². The van der Waals surface area contributed by atoms with Gasteiger partial charge in [-0.15, -0.1) is 0 Å². The van der Waals surface area contributed by atoms with Gasteiger partial charge in [0.15, 0.2) is 0 Å². The highest BCUT2D eigenvalue weighted by molar-refractivity contribution is 5.76. The maximum atomic E-state index is 13.5. The number of hydrogen-bond acceptors (Lipinski definition) is 2. The molecule has 1 saturated carbocycles. The van der Waals surface area contributed by atoms with Crippen LogP contribution >= 0.6 is 0 Å². The Hall–Kier alpha value is -1.49. The third-order valence-electron chi connectivity index (χ3n) is 3.34. The lowest BCUT2D eigenvalue weighted by molar-refractivity contribution is -0.121. The van der Waals surface area contributed by atoms with Gasteiger partial charge in [0.2, 0.25) is 5.91 Å². The minimum absolute atomic E-state index is 0.0244. The Bertz CT molecular complexity index is 455. The Morgan fingerprint density at radius 1 is 1.35 bits per heavy atom. The first-order valence-electron chi connectivity index (χ1n) is 7.02. The molecule has 1 unspecified atom stereocenters. The highest BCUT2D eigenvalue weighted by Gasteiger charge is 2.20. The zero-order valence-corrected chi connectivity index (χ0v) is 11.6. The van der Waals surface area contributed by atoms with Crippen molar-refractivity contribution in [2.45, 2.75) is 44.7 Å². The van der Waals surface area contributed by atoms with E-state index in [9.17, 15) is 13.6 Å². The molecule has 1 aliphatic carbocycles. The van der Waals surface area contributed by atoms with Gasteiger partial charge in [-0.05, 0) is 38.3 Å². The van der Waals surface area contributed by atoms with E-state index in [2.05, 4.69) is 10.6 Å². The summed E-state index contributed by atoms with van der Waals surface area (Å²) in [5, 5.41) is 6.01. The van der Waals surface area contributed by atoms with Crippen LogP contribution in [0.5, 0.6) is 0 Å². The van der Waals surface area contributed by atoms with Crippen LogP contribution in [0.4, 0.5) is 8.78 Å². The minimum Gasteiger partial charge on any atom is -0.353 e. The highest BCUT2D eigenvalue weighted by Crippen LogP contribution is 2.18. The average molecular weight is 282 g/mol. The molecule has 1 fully saturated rings. The van der Waals surface area contributed by atoms with Gasteiger partial charge in [-0.2, -0.15) is 0 Å². The van der Waals surface area contributed by atoms with Crippen LogP contribution in [0.25, 0.3) is 0 Å². The fraction of sp³-hybridized carbons (Fsp3) is 0.533. The summed E-state index contributed by atoms with van der Waals surface area (Å²) in [7, 11) is 0. The number of hydrogen-bond donors (Lipinski definition) is 2. The lowest BCUT2D eigenvalue weighted by Crippen LogP contribution is -2.36. The Balaban J connectivity index is 1.76. The molecule has 5 heteroatoms. The quantitative estimate of drug-likeness (QED) is 0.804. The van der Waals surface area contributed by atoms with Crippen molar-refractivity contribution >= 4 is 5.91 Å². The minimum atomic E-state index is -0.568. The number of amides is 1. The SMILES string of the molecule is CC(Cc1c(F)cccc1F)NC(=O)CCNC1CC1. The van der Waals surface area contributed by atoms with E-state index in [4.69, 9.17) is 0 Å². The molecule has 0 heterocycles. The van der Waals surface area contributed by atoms with Crippen LogP contribution < -0.4 is 10.6 Å². The number of carbonyl (C=O) groups excluding carboxylic acids is 1. The number of halogens is 2. The summed E-state index contributed by atoms with van der Waals surface area (Å²) in [6.07, 6.45) is 2.91. The highest BCUT2D eigenvalue weighted by atomic mass is 19.1. The lowest BCUT2D eigenvalue weighted by atomic mass is 10.1. The molecule has 1 atom stereocenters. The molecule has 110 valence electrons. The predicted molar refractivity (Wildman–Crippen MR) is 73.3 cm³/mol. The molecule has 2 rings (SSSR count). The molecule has 0 aromatic heterocycles. The standard InChI is InChI=1S/C15H20F2N2O/c1-10(9-12-13(16)3-2-4-14(12)17)19-15(20)7-8-18-11-5-6-11/h2-4,10-11,18H,5-9H2,1H3,(H,19,20). The van der Waals surface area contributed by atoms with Gasteiger partial charge >= 0.3 is 0 Å². The molecule has 2 N–H and O–H groups in total. The Kier molecular flexibility index (Phi) is 5.06. The van der Waals surface area contributed by atoms with Gasteiger partial charge < -0.3 is 10.6 Å². The molecule has 0 spiro atoms. The van der Waals surface area contributed by atoms with E-state index in [1.165, 1.54) is 31.0 Å². The second-order valence-corrected chi connectivity index (χ2v) is 5.35. The van der Waals surface area contributed by atoms with Crippen LogP contribution in [0.2, 0.25) is 0 Å². The predicted octanol–water partition coefficient (Wildman–Crippen LogP) is 2.15. The zero-order chi connectivity index (χ0) is 14.5. The molecule has 1 amide bonds. The van der Waals surface area contributed by atoms with Crippen LogP contribution in [0.15, 0.2) is 18.2 Å². The molecule has 0 saturated heterocycles. The zero-order valence-electron chi connectivity index (χ0n) is 11.6. The summed E-state index contributed by atoms with van der Waals surface area (Å²) in [5.41, 5.74) is 0.0244. The summed E-state index contributed by atoms with van der Waals surface area (Å²) >= 11 is 0. The van der Waals surface area contributed by atoms with Gasteiger partial charge in [0.25, 0.3) is 0 Å². The summed E-state index contributed by atoms with van der Waals surface area (Å²) < 4.78 is 27.0. The van der Waals surface area contributed by atoms with Crippen molar-refractivity contribution in [1.82, 2.24) is 10.6 Å². The third-order valence-corrected chi connectivity index (χ3v) is 3.34. The molecule has 1 aliphatic rings. The maximum absolute atomic E-state index is 13.5. The van der Waals surface area contributed by atoms with Crippen LogP contribution in [0, 0.1) is 11.6 Å². The first-order valence-corrected chi connectivity index (χ1v) is 7.02. The van der Waals surface area contributed by atoms with E-state index in [1.54, 1.807) is 6.92 Å². The number of nitrogens with one attached hydrogen (secondary N) is 2. The van der Waals surface area contributed by atoms with Crippen molar-refractivity contribution in [2.24, 2.45) is 0 Å². The first-order chi connectivity index (χ1) is 9.56. The van der Waals surface area contributed by atoms with E-state index in [0.29, 0.717) is 19.0 Å². The van der Waals surface area contributed by atoms with Crippen LogP contribution in [0.1, 0.15) is 31.7 Å². The van der Waals surface area contributed by atoms with Gasteiger partial charge in [0.05, 0.1) is 0 Å². The van der Waals surface area contributed by atoms with Gasteiger partial charge in [0, 0.05) is 30.6 Å². The van der Waals surface area contributed by atoms with E-state index in [1.807, 2.05) is 0 Å². The fourth-order valence-corrected chi connectivity index (χ4v) is 2.11. The summed E-state index contributed by atoms with van der Waals surface area (Å²) in [5.74, 6) is -1.23. The number of rotatable bonds is 7. The summed E-state index contributed by atoms with van der Waals surface area (Å²) in [6.45, 7) is 2.40. The van der Waals surface area contributed by atoms with Gasteiger partial charge in [0.1, 0.15) is 11.6 Å². The molecular formula is C15H20F2N2O. The smallest absolute Gasteiger partial charge is 0.221 e. The van der Waals surface area contributed by atoms with E-state index < -0.39 is 11.6 Å². The largest absolute Gasteiger partial charge is 0.353 e. The van der Waals surface area contributed by atoms with Gasteiger partial charge in [-0.3, -0.25) is 4.79 Å². The summed E-state index contributed by atoms with van der Waals surface area (Å²) in [6, 6.07) is 4.07. The lowest BCUT2D eigenvalue weighted by Gasteiger charge is -2.15. The van der Waals surface area contributed by atoms with E-state index >= 15 is 0 Å². The number of benzene rings is 1. The topological polar surface area (TPSA) is 41.1 Å². The molecule has 20 heavy (non-hydrogen) atoms. The van der Waals surface area contributed by atoms with Crippen molar-refractivity contribution in [3.8, 4) is 0 Å². The van der Waals surface area contributed by atoms with Crippen molar-refractivity contribution in [2.75, 3.05) is 6.54 Å². The number of carbonyl (C=O) groups is 1. The molecule has 1 aromatic rings. The first kappa shape index (κ1) is 14.9. The molecule has 1 aromatic carbocycles. The molecule has 0 radical (unpaired) electrons. The maximum Gasteiger partial charge on any atom is 0.221 e. The molecular weight excluding hydrogens is 262 g/mol. The van der Waals surface area contributed by atoms with E-state index in [-0.39, 0.29) is 23.9 Å². The molecule has 0 aliphatic heterocycles. The molecule has 3 nitrogen and oxygen atoms in total. The van der Waals surface area contributed by atoms with Crippen molar-refractivity contribution < 1.29 is 13.6 Å². The van der Waals surface area contributed by atoms with E-state index in [0.717, 1.165) is 0 Å².